The molecule has 0 aromatic carbocycles. The number of hydrogen-bond acceptors (Lipinski definition) is 3. The lowest BCUT2D eigenvalue weighted by atomic mass is 9.82. The fourth-order valence-corrected chi connectivity index (χ4v) is 1.46. The average molecular weight is 224 g/mol. The summed E-state index contributed by atoms with van der Waals surface area (Å²) in [4.78, 5) is 1.42. The van der Waals surface area contributed by atoms with Crippen LogP contribution in [0, 0.1) is 5.41 Å². The summed E-state index contributed by atoms with van der Waals surface area (Å²) in [5.74, 6) is 0. The molecule has 3 N–H and O–H groups in total. The molecule has 0 bridgehead atoms. The SMILES string of the molecule is CN(CC(F)F)C(CO)C(N)C(C)(C)C. The van der Waals surface area contributed by atoms with E-state index >= 15 is 0 Å². The third kappa shape index (κ3) is 4.86. The zero-order valence-corrected chi connectivity index (χ0v) is 9.87. The molecule has 0 amide bonds. The molecule has 0 spiro atoms. The van der Waals surface area contributed by atoms with Crippen LogP contribution in [0.15, 0.2) is 0 Å². The van der Waals surface area contributed by atoms with E-state index < -0.39 is 12.5 Å². The average Bonchev–Trinajstić information content (AvgIpc) is 2.01. The van der Waals surface area contributed by atoms with Crippen LogP contribution in [0.2, 0.25) is 0 Å². The van der Waals surface area contributed by atoms with Gasteiger partial charge in [0.25, 0.3) is 6.43 Å². The standard InChI is InChI=1S/C10H22F2N2O/c1-10(2,3)9(13)7(6-15)14(4)5-8(11)12/h7-9,15H,5-6,13H2,1-4H3. The minimum atomic E-state index is -2.41. The van der Waals surface area contributed by atoms with Crippen LogP contribution in [-0.2, 0) is 0 Å². The highest BCUT2D eigenvalue weighted by atomic mass is 19.3. The Morgan fingerprint density at radius 2 is 1.80 bits per heavy atom. The smallest absolute Gasteiger partial charge is 0.251 e. The third-order valence-electron chi connectivity index (χ3n) is 2.59. The lowest BCUT2D eigenvalue weighted by molar-refractivity contribution is 0.0369. The first-order chi connectivity index (χ1) is 6.70. The van der Waals surface area contributed by atoms with Crippen molar-refractivity contribution in [3.8, 4) is 0 Å². The molecule has 0 saturated heterocycles. The van der Waals surface area contributed by atoms with Crippen molar-refractivity contribution in [2.24, 2.45) is 11.1 Å². The largest absolute Gasteiger partial charge is 0.395 e. The zero-order valence-electron chi connectivity index (χ0n) is 9.87. The first kappa shape index (κ1) is 14.7. The van der Waals surface area contributed by atoms with E-state index in [2.05, 4.69) is 0 Å². The van der Waals surface area contributed by atoms with Gasteiger partial charge < -0.3 is 10.8 Å². The van der Waals surface area contributed by atoms with E-state index in [0.717, 1.165) is 0 Å². The summed E-state index contributed by atoms with van der Waals surface area (Å²) >= 11 is 0. The molecule has 5 heteroatoms. The lowest BCUT2D eigenvalue weighted by Crippen LogP contribution is -2.55. The van der Waals surface area contributed by atoms with Crippen LogP contribution in [-0.4, -0.2) is 48.7 Å². The minimum Gasteiger partial charge on any atom is -0.395 e. The molecule has 0 aliphatic rings. The Morgan fingerprint density at radius 3 is 2.07 bits per heavy atom. The van der Waals surface area contributed by atoms with Crippen molar-refractivity contribution in [1.29, 1.82) is 0 Å². The van der Waals surface area contributed by atoms with Gasteiger partial charge in [0, 0.05) is 12.1 Å². The number of alkyl halides is 2. The Morgan fingerprint density at radius 1 is 1.33 bits per heavy atom. The monoisotopic (exact) mass is 224 g/mol. The molecule has 2 unspecified atom stereocenters. The molecule has 3 nitrogen and oxygen atoms in total. The predicted molar refractivity (Wildman–Crippen MR) is 56.9 cm³/mol. The summed E-state index contributed by atoms with van der Waals surface area (Å²) in [5, 5.41) is 9.18. The van der Waals surface area contributed by atoms with Gasteiger partial charge in [0.05, 0.1) is 13.2 Å². The van der Waals surface area contributed by atoms with Crippen LogP contribution in [0.1, 0.15) is 20.8 Å². The van der Waals surface area contributed by atoms with Crippen LogP contribution in [0.25, 0.3) is 0 Å². The summed E-state index contributed by atoms with van der Waals surface area (Å²) < 4.78 is 24.4. The van der Waals surface area contributed by atoms with Gasteiger partial charge in [-0.25, -0.2) is 8.78 Å². The van der Waals surface area contributed by atoms with Gasteiger partial charge in [0.2, 0.25) is 0 Å². The van der Waals surface area contributed by atoms with Gasteiger partial charge in [-0.15, -0.1) is 0 Å². The van der Waals surface area contributed by atoms with E-state index in [9.17, 15) is 13.9 Å². The number of aliphatic hydroxyl groups excluding tert-OH is 1. The molecule has 0 radical (unpaired) electrons. The van der Waals surface area contributed by atoms with Crippen molar-refractivity contribution in [3.05, 3.63) is 0 Å². The number of nitrogens with two attached hydrogens (primary N) is 1. The van der Waals surface area contributed by atoms with E-state index in [0.29, 0.717) is 0 Å². The molecular formula is C10H22F2N2O. The number of hydrogen-bond donors (Lipinski definition) is 2. The van der Waals surface area contributed by atoms with Gasteiger partial charge in [0.1, 0.15) is 0 Å². The summed E-state index contributed by atoms with van der Waals surface area (Å²) in [6.45, 7) is 5.21. The van der Waals surface area contributed by atoms with Crippen LogP contribution >= 0.6 is 0 Å². The Bertz CT molecular complexity index is 183. The zero-order chi connectivity index (χ0) is 12.2. The molecule has 0 aliphatic heterocycles. The number of likely N-dealkylation sites (N-methyl/N-ethyl adjacent to an activating group) is 1. The van der Waals surface area contributed by atoms with Crippen LogP contribution in [0.4, 0.5) is 8.78 Å². The normalized spacial score (nSPS) is 17.2. The van der Waals surface area contributed by atoms with Crippen molar-refractivity contribution in [2.45, 2.75) is 39.3 Å². The third-order valence-corrected chi connectivity index (χ3v) is 2.59. The molecule has 0 fully saturated rings. The Balaban J connectivity index is 4.47. The summed E-state index contributed by atoms with van der Waals surface area (Å²) in [7, 11) is 1.55. The molecule has 0 aromatic heterocycles. The second-order valence-electron chi connectivity index (χ2n) is 4.97. The maximum atomic E-state index is 12.2. The molecule has 92 valence electrons. The van der Waals surface area contributed by atoms with E-state index in [1.165, 1.54) is 4.90 Å². The fraction of sp³-hybridized carbons (Fsp3) is 1.00. The van der Waals surface area contributed by atoms with Gasteiger partial charge in [0.15, 0.2) is 0 Å². The molecule has 0 rings (SSSR count). The fourth-order valence-electron chi connectivity index (χ4n) is 1.46. The first-order valence-corrected chi connectivity index (χ1v) is 5.05. The van der Waals surface area contributed by atoms with Crippen LogP contribution in [0.5, 0.6) is 0 Å². The van der Waals surface area contributed by atoms with Crippen molar-refractivity contribution in [1.82, 2.24) is 4.90 Å². The second kappa shape index (κ2) is 5.72. The van der Waals surface area contributed by atoms with Gasteiger partial charge in [-0.05, 0) is 12.5 Å². The lowest BCUT2D eigenvalue weighted by Gasteiger charge is -2.38. The quantitative estimate of drug-likeness (QED) is 0.730. The van der Waals surface area contributed by atoms with Crippen molar-refractivity contribution >= 4 is 0 Å². The molecule has 0 aliphatic carbocycles. The highest BCUT2D eigenvalue weighted by Gasteiger charge is 2.31. The molecule has 15 heavy (non-hydrogen) atoms. The highest BCUT2D eigenvalue weighted by molar-refractivity contribution is 4.88. The van der Waals surface area contributed by atoms with Crippen molar-refractivity contribution in [2.75, 3.05) is 20.2 Å². The number of nitrogens with zero attached hydrogens (tertiary/aromatic N) is 1. The summed E-state index contributed by atoms with van der Waals surface area (Å²) in [5.41, 5.74) is 5.72. The van der Waals surface area contributed by atoms with Gasteiger partial charge in [-0.1, -0.05) is 20.8 Å². The van der Waals surface area contributed by atoms with Gasteiger partial charge >= 0.3 is 0 Å². The topological polar surface area (TPSA) is 49.5 Å². The number of halogens is 2. The van der Waals surface area contributed by atoms with Crippen LogP contribution in [0.3, 0.4) is 0 Å². The van der Waals surface area contributed by atoms with E-state index in [-0.39, 0.29) is 24.6 Å². The molecule has 0 aromatic rings. The Hall–Kier alpha value is -0.260. The Labute approximate surface area is 90.2 Å². The van der Waals surface area contributed by atoms with Crippen molar-refractivity contribution < 1.29 is 13.9 Å². The van der Waals surface area contributed by atoms with Crippen molar-refractivity contribution in [3.63, 3.8) is 0 Å². The van der Waals surface area contributed by atoms with E-state index in [1.54, 1.807) is 7.05 Å². The van der Waals surface area contributed by atoms with Crippen LogP contribution < -0.4 is 5.73 Å². The minimum absolute atomic E-state index is 0.207. The Kier molecular flexibility index (Phi) is 5.62. The molecule has 2 atom stereocenters. The van der Waals surface area contributed by atoms with Gasteiger partial charge in [-0.3, -0.25) is 4.90 Å². The number of aliphatic hydroxyl groups is 1. The maximum Gasteiger partial charge on any atom is 0.251 e. The maximum absolute atomic E-state index is 12.2. The summed E-state index contributed by atoms with van der Waals surface area (Å²) in [6, 6.07) is -0.773. The van der Waals surface area contributed by atoms with E-state index in [1.807, 2.05) is 20.8 Å². The molecular weight excluding hydrogens is 202 g/mol. The first-order valence-electron chi connectivity index (χ1n) is 5.05. The number of rotatable bonds is 5. The molecule has 0 saturated carbocycles. The van der Waals surface area contributed by atoms with E-state index in [4.69, 9.17) is 5.73 Å². The molecule has 0 heterocycles. The summed E-state index contributed by atoms with van der Waals surface area (Å²) in [6.07, 6.45) is -2.41. The highest BCUT2D eigenvalue weighted by Crippen LogP contribution is 2.22. The predicted octanol–water partition coefficient (Wildman–Crippen LogP) is 0.918. The second-order valence-corrected chi connectivity index (χ2v) is 4.97. The van der Waals surface area contributed by atoms with Gasteiger partial charge in [-0.2, -0.15) is 0 Å².